The second kappa shape index (κ2) is 36.4. The van der Waals surface area contributed by atoms with Gasteiger partial charge in [0.1, 0.15) is 0 Å². The van der Waals surface area contributed by atoms with Crippen molar-refractivity contribution < 1.29 is 9.59 Å². The van der Waals surface area contributed by atoms with Crippen LogP contribution in [0.4, 0.5) is 0 Å². The van der Waals surface area contributed by atoms with E-state index in [-0.39, 0.29) is 11.8 Å². The Morgan fingerprint density at radius 1 is 0.500 bits per heavy atom. The van der Waals surface area contributed by atoms with E-state index in [1.165, 1.54) is 167 Å². The standard InChI is InChI=1S/C40H77NO2.C4H13N3/c1-36(2)31-27-23-19-15-11-7-5-9-13-17-21-25-29-33-40(35-38(42)41-39(40)43)34-30-26-22-18-14-10-6-8-12-16-20-24-28-32-37(3)4;5-1-3-7-4-2-6/h36-37H,5-35H2,1-4H3,(H,41,42,43);7H,1-6H2. The third kappa shape index (κ3) is 31.7. The SMILES string of the molecule is CC(C)CCCCCCCCCCCCCCCC1(CCCCCCCCCCCCCCCC(C)C)CC(=O)NC1=O.NCCNCCN. The lowest BCUT2D eigenvalue weighted by Crippen LogP contribution is -2.31. The van der Waals surface area contributed by atoms with E-state index in [2.05, 4.69) is 38.3 Å². The molecule has 1 rings (SSSR count). The number of amides is 2. The summed E-state index contributed by atoms with van der Waals surface area (Å²) in [7, 11) is 0. The molecule has 1 aliphatic rings. The number of carbonyl (C=O) groups is 2. The van der Waals surface area contributed by atoms with Crippen molar-refractivity contribution in [1.82, 2.24) is 10.6 Å². The Morgan fingerprint density at radius 2 is 0.780 bits per heavy atom. The summed E-state index contributed by atoms with van der Waals surface area (Å²) in [6.45, 7) is 12.4. The highest BCUT2D eigenvalue weighted by Crippen LogP contribution is 2.39. The molecule has 2 amide bonds. The van der Waals surface area contributed by atoms with E-state index >= 15 is 0 Å². The molecule has 0 unspecified atom stereocenters. The maximum absolute atomic E-state index is 12.8. The van der Waals surface area contributed by atoms with Crippen molar-refractivity contribution >= 4 is 11.8 Å². The monoisotopic (exact) mass is 707 g/mol. The van der Waals surface area contributed by atoms with Gasteiger partial charge in [0.2, 0.25) is 11.8 Å². The molecule has 0 atom stereocenters. The Kier molecular flexibility index (Phi) is 35.7. The number of hydrogen-bond acceptors (Lipinski definition) is 5. The fraction of sp³-hybridized carbons (Fsp3) is 0.955. The lowest BCUT2D eigenvalue weighted by atomic mass is 9.76. The Balaban J connectivity index is 0.00000308. The Hall–Kier alpha value is -0.980. The third-order valence-electron chi connectivity index (χ3n) is 10.7. The zero-order valence-electron chi connectivity index (χ0n) is 34.4. The van der Waals surface area contributed by atoms with Crippen LogP contribution in [0.2, 0.25) is 0 Å². The summed E-state index contributed by atoms with van der Waals surface area (Å²) in [6, 6.07) is 0. The summed E-state index contributed by atoms with van der Waals surface area (Å²) in [5.41, 5.74) is 9.93. The van der Waals surface area contributed by atoms with Crippen molar-refractivity contribution in [3.8, 4) is 0 Å². The number of rotatable bonds is 36. The van der Waals surface area contributed by atoms with E-state index in [1.807, 2.05) is 0 Å². The Bertz CT molecular complexity index is 700. The molecule has 0 aliphatic carbocycles. The molecule has 0 aromatic carbocycles. The number of unbranched alkanes of at least 4 members (excludes halogenated alkanes) is 24. The summed E-state index contributed by atoms with van der Waals surface area (Å²) in [4.78, 5) is 24.8. The van der Waals surface area contributed by atoms with Gasteiger partial charge in [0.05, 0.1) is 5.41 Å². The van der Waals surface area contributed by atoms with Gasteiger partial charge in [-0.05, 0) is 24.7 Å². The zero-order chi connectivity index (χ0) is 37.0. The van der Waals surface area contributed by atoms with Gasteiger partial charge in [0.15, 0.2) is 0 Å². The molecule has 298 valence electrons. The molecule has 0 radical (unpaired) electrons. The molecule has 0 spiro atoms. The molecular weight excluding hydrogens is 617 g/mol. The smallest absolute Gasteiger partial charge is 0.233 e. The molecule has 0 saturated carbocycles. The molecule has 1 aliphatic heterocycles. The van der Waals surface area contributed by atoms with Gasteiger partial charge < -0.3 is 16.8 Å². The van der Waals surface area contributed by atoms with Crippen LogP contribution in [0.5, 0.6) is 0 Å². The van der Waals surface area contributed by atoms with Gasteiger partial charge in [-0.1, -0.05) is 207 Å². The molecule has 6 N–H and O–H groups in total. The van der Waals surface area contributed by atoms with Gasteiger partial charge in [-0.25, -0.2) is 0 Å². The van der Waals surface area contributed by atoms with E-state index in [4.69, 9.17) is 11.5 Å². The van der Waals surface area contributed by atoms with Crippen LogP contribution in [0.25, 0.3) is 0 Å². The van der Waals surface area contributed by atoms with Crippen LogP contribution in [0.3, 0.4) is 0 Å². The first-order valence-electron chi connectivity index (χ1n) is 22.2. The van der Waals surface area contributed by atoms with Gasteiger partial charge in [0, 0.05) is 32.6 Å². The van der Waals surface area contributed by atoms with E-state index in [9.17, 15) is 9.59 Å². The summed E-state index contributed by atoms with van der Waals surface area (Å²) in [5.74, 6) is 1.70. The third-order valence-corrected chi connectivity index (χ3v) is 10.7. The number of carbonyl (C=O) groups excluding carboxylic acids is 2. The summed E-state index contributed by atoms with van der Waals surface area (Å²) < 4.78 is 0. The zero-order valence-corrected chi connectivity index (χ0v) is 34.4. The highest BCUT2D eigenvalue weighted by Gasteiger charge is 2.45. The number of nitrogens with one attached hydrogen (secondary N) is 2. The van der Waals surface area contributed by atoms with Crippen LogP contribution < -0.4 is 22.1 Å². The summed E-state index contributed by atoms with van der Waals surface area (Å²) >= 11 is 0. The molecule has 6 heteroatoms. The molecule has 50 heavy (non-hydrogen) atoms. The van der Waals surface area contributed by atoms with Crippen molar-refractivity contribution in [2.24, 2.45) is 28.7 Å². The van der Waals surface area contributed by atoms with E-state index < -0.39 is 5.41 Å². The Labute approximate surface area is 313 Å². The number of imide groups is 1. The quantitative estimate of drug-likeness (QED) is 0.0383. The molecule has 0 bridgehead atoms. The predicted octanol–water partition coefficient (Wildman–Crippen LogP) is 11.5. The van der Waals surface area contributed by atoms with Crippen LogP contribution in [0.1, 0.15) is 227 Å². The molecular formula is C44H90N4O2. The van der Waals surface area contributed by atoms with Crippen LogP contribution in [-0.2, 0) is 9.59 Å². The summed E-state index contributed by atoms with van der Waals surface area (Å²) in [6.07, 6.45) is 40.2. The molecule has 0 aromatic rings. The van der Waals surface area contributed by atoms with Gasteiger partial charge >= 0.3 is 0 Å². The van der Waals surface area contributed by atoms with Gasteiger partial charge in [-0.15, -0.1) is 0 Å². The largest absolute Gasteiger partial charge is 0.329 e. The first-order valence-corrected chi connectivity index (χ1v) is 22.2. The lowest BCUT2D eigenvalue weighted by Gasteiger charge is -2.25. The van der Waals surface area contributed by atoms with Crippen LogP contribution in [0, 0.1) is 17.3 Å². The van der Waals surface area contributed by atoms with Gasteiger partial charge in [0.25, 0.3) is 0 Å². The van der Waals surface area contributed by atoms with Crippen LogP contribution in [0.15, 0.2) is 0 Å². The second-order valence-electron chi connectivity index (χ2n) is 16.7. The maximum atomic E-state index is 12.8. The first kappa shape index (κ1) is 49.0. The molecule has 1 heterocycles. The van der Waals surface area contributed by atoms with Crippen molar-refractivity contribution in [3.05, 3.63) is 0 Å². The number of hydrogen-bond donors (Lipinski definition) is 4. The first-order chi connectivity index (χ1) is 24.3. The molecule has 1 fully saturated rings. The van der Waals surface area contributed by atoms with Crippen molar-refractivity contribution in [2.45, 2.75) is 227 Å². The lowest BCUT2D eigenvalue weighted by molar-refractivity contribution is -0.129. The van der Waals surface area contributed by atoms with Crippen LogP contribution >= 0.6 is 0 Å². The van der Waals surface area contributed by atoms with Crippen molar-refractivity contribution in [1.29, 1.82) is 0 Å². The number of nitrogens with two attached hydrogens (primary N) is 2. The fourth-order valence-corrected chi connectivity index (χ4v) is 7.47. The van der Waals surface area contributed by atoms with Crippen molar-refractivity contribution in [3.63, 3.8) is 0 Å². The molecule has 0 aromatic heterocycles. The summed E-state index contributed by atoms with van der Waals surface area (Å²) in [5, 5.41) is 5.67. The highest BCUT2D eigenvalue weighted by atomic mass is 16.2. The average Bonchev–Trinajstić information content (AvgIpc) is 3.36. The fourth-order valence-electron chi connectivity index (χ4n) is 7.47. The molecule has 1 saturated heterocycles. The topological polar surface area (TPSA) is 110 Å². The van der Waals surface area contributed by atoms with Gasteiger partial charge in [-0.3, -0.25) is 14.9 Å². The van der Waals surface area contributed by atoms with Crippen molar-refractivity contribution in [2.75, 3.05) is 26.2 Å². The van der Waals surface area contributed by atoms with E-state index in [0.717, 1.165) is 50.6 Å². The van der Waals surface area contributed by atoms with Gasteiger partial charge in [-0.2, -0.15) is 0 Å². The predicted molar refractivity (Wildman–Crippen MR) is 219 cm³/mol. The second-order valence-corrected chi connectivity index (χ2v) is 16.7. The normalized spacial score (nSPS) is 14.1. The van der Waals surface area contributed by atoms with Crippen LogP contribution in [-0.4, -0.2) is 38.0 Å². The molecule has 6 nitrogen and oxygen atoms in total. The maximum Gasteiger partial charge on any atom is 0.233 e. The minimum absolute atomic E-state index is 0.0253. The minimum Gasteiger partial charge on any atom is -0.329 e. The highest BCUT2D eigenvalue weighted by molar-refractivity contribution is 6.05. The average molecular weight is 707 g/mol. The Morgan fingerprint density at radius 3 is 1.02 bits per heavy atom. The minimum atomic E-state index is -0.402. The van der Waals surface area contributed by atoms with E-state index in [0.29, 0.717) is 19.5 Å². The van der Waals surface area contributed by atoms with E-state index in [1.54, 1.807) is 0 Å².